The van der Waals surface area contributed by atoms with Gasteiger partial charge in [-0.2, -0.15) is 0 Å². The molecule has 1 aliphatic rings. The first-order valence-corrected chi connectivity index (χ1v) is 7.92. The molecule has 1 saturated heterocycles. The lowest BCUT2D eigenvalue weighted by Crippen LogP contribution is -2.32. The summed E-state index contributed by atoms with van der Waals surface area (Å²) in [4.78, 5) is 26.4. The van der Waals surface area contributed by atoms with Crippen LogP contribution in [-0.2, 0) is 4.79 Å². The molecule has 0 saturated carbocycles. The third kappa shape index (κ3) is 4.31. The summed E-state index contributed by atoms with van der Waals surface area (Å²) in [6.07, 6.45) is 2.51. The number of thiophene rings is 1. The van der Waals surface area contributed by atoms with Gasteiger partial charge in [-0.05, 0) is 24.3 Å². The maximum atomic E-state index is 12.1. The lowest BCUT2D eigenvalue weighted by molar-refractivity contribution is -0.129. The quantitative estimate of drug-likeness (QED) is 0.808. The monoisotopic (exact) mass is 305 g/mol. The van der Waals surface area contributed by atoms with Crippen LogP contribution in [-0.4, -0.2) is 42.9 Å². The van der Waals surface area contributed by atoms with E-state index in [1.165, 1.54) is 11.3 Å². The van der Waals surface area contributed by atoms with Crippen molar-refractivity contribution in [3.05, 3.63) is 21.9 Å². The predicted octanol–water partition coefficient (Wildman–Crippen LogP) is 0.801. The van der Waals surface area contributed by atoms with E-state index in [1.807, 2.05) is 10.3 Å². The third-order valence-electron chi connectivity index (χ3n) is 3.28. The minimum atomic E-state index is -0.180. The number of likely N-dealkylation sites (tertiary alicyclic amines) is 1. The van der Waals surface area contributed by atoms with Crippen LogP contribution in [0.25, 0.3) is 0 Å². The number of rotatable bonds is 4. The molecule has 0 aromatic carbocycles. The van der Waals surface area contributed by atoms with Crippen LogP contribution >= 0.6 is 11.3 Å². The van der Waals surface area contributed by atoms with Crippen molar-refractivity contribution in [2.24, 2.45) is 5.73 Å². The Balaban J connectivity index is 1.82. The SMILES string of the molecule is NCC#Cc1ccsc1C(=O)NCCC(=O)N1CCCC1. The molecule has 0 spiro atoms. The molecule has 5 nitrogen and oxygen atoms in total. The molecule has 2 amide bonds. The molecule has 112 valence electrons. The highest BCUT2D eigenvalue weighted by Crippen LogP contribution is 2.15. The number of carbonyl (C=O) groups is 2. The van der Waals surface area contributed by atoms with Crippen molar-refractivity contribution >= 4 is 23.2 Å². The average Bonchev–Trinajstić information content (AvgIpc) is 3.15. The first-order chi connectivity index (χ1) is 10.2. The maximum absolute atomic E-state index is 12.1. The maximum Gasteiger partial charge on any atom is 0.262 e. The molecule has 1 aromatic rings. The summed E-state index contributed by atoms with van der Waals surface area (Å²) in [5.74, 6) is 5.55. The van der Waals surface area contributed by atoms with E-state index in [9.17, 15) is 9.59 Å². The van der Waals surface area contributed by atoms with Gasteiger partial charge in [0.1, 0.15) is 4.88 Å². The second-order valence-electron chi connectivity index (χ2n) is 4.76. The Labute approximate surface area is 128 Å². The zero-order valence-corrected chi connectivity index (χ0v) is 12.7. The Morgan fingerprint density at radius 3 is 2.86 bits per heavy atom. The molecular formula is C15H19N3O2S. The van der Waals surface area contributed by atoms with Crippen LogP contribution in [0.4, 0.5) is 0 Å². The van der Waals surface area contributed by atoms with Crippen molar-refractivity contribution in [2.75, 3.05) is 26.2 Å². The molecule has 0 radical (unpaired) electrons. The Bertz CT molecular complexity index is 565. The fourth-order valence-electron chi connectivity index (χ4n) is 2.22. The van der Waals surface area contributed by atoms with E-state index in [4.69, 9.17) is 5.73 Å². The van der Waals surface area contributed by atoms with Crippen molar-refractivity contribution in [1.29, 1.82) is 0 Å². The molecule has 1 aliphatic heterocycles. The fourth-order valence-corrected chi connectivity index (χ4v) is 2.98. The number of nitrogens with one attached hydrogen (secondary N) is 1. The van der Waals surface area contributed by atoms with Gasteiger partial charge in [-0.3, -0.25) is 9.59 Å². The minimum absolute atomic E-state index is 0.113. The van der Waals surface area contributed by atoms with Gasteiger partial charge in [-0.25, -0.2) is 0 Å². The molecule has 2 rings (SSSR count). The fraction of sp³-hybridized carbons (Fsp3) is 0.467. The number of hydrogen-bond donors (Lipinski definition) is 2. The summed E-state index contributed by atoms with van der Waals surface area (Å²) in [7, 11) is 0. The zero-order chi connectivity index (χ0) is 15.1. The van der Waals surface area contributed by atoms with Gasteiger partial charge in [0.25, 0.3) is 5.91 Å². The minimum Gasteiger partial charge on any atom is -0.351 e. The Hall–Kier alpha value is -1.84. The molecule has 2 heterocycles. The highest BCUT2D eigenvalue weighted by atomic mass is 32.1. The van der Waals surface area contributed by atoms with Gasteiger partial charge in [0.05, 0.1) is 6.54 Å². The highest BCUT2D eigenvalue weighted by Gasteiger charge is 2.18. The van der Waals surface area contributed by atoms with Gasteiger partial charge in [0.15, 0.2) is 0 Å². The molecule has 0 aliphatic carbocycles. The smallest absolute Gasteiger partial charge is 0.262 e. The molecule has 0 atom stereocenters. The van der Waals surface area contributed by atoms with Crippen LogP contribution in [0.2, 0.25) is 0 Å². The Morgan fingerprint density at radius 1 is 1.38 bits per heavy atom. The zero-order valence-electron chi connectivity index (χ0n) is 11.9. The van der Waals surface area contributed by atoms with Crippen molar-refractivity contribution in [3.8, 4) is 11.8 Å². The summed E-state index contributed by atoms with van der Waals surface area (Å²) < 4.78 is 0. The molecule has 3 N–H and O–H groups in total. The van der Waals surface area contributed by atoms with Crippen LogP contribution in [0.1, 0.15) is 34.5 Å². The van der Waals surface area contributed by atoms with Crippen molar-refractivity contribution < 1.29 is 9.59 Å². The summed E-state index contributed by atoms with van der Waals surface area (Å²) in [6.45, 7) is 2.31. The first-order valence-electron chi connectivity index (χ1n) is 7.05. The molecule has 0 bridgehead atoms. The second kappa shape index (κ2) is 7.81. The van der Waals surface area contributed by atoms with Gasteiger partial charge in [-0.1, -0.05) is 11.8 Å². The Morgan fingerprint density at radius 2 is 2.14 bits per heavy atom. The summed E-state index contributed by atoms with van der Waals surface area (Å²) in [6, 6.07) is 1.80. The van der Waals surface area contributed by atoms with Crippen LogP contribution in [0.3, 0.4) is 0 Å². The van der Waals surface area contributed by atoms with Gasteiger partial charge >= 0.3 is 0 Å². The molecule has 1 aromatic heterocycles. The summed E-state index contributed by atoms with van der Waals surface area (Å²) in [5, 5.41) is 4.61. The second-order valence-corrected chi connectivity index (χ2v) is 5.68. The van der Waals surface area contributed by atoms with Crippen molar-refractivity contribution in [3.63, 3.8) is 0 Å². The van der Waals surface area contributed by atoms with E-state index < -0.39 is 0 Å². The van der Waals surface area contributed by atoms with E-state index in [-0.39, 0.29) is 18.4 Å². The molecular weight excluding hydrogens is 286 g/mol. The predicted molar refractivity (Wildman–Crippen MR) is 83.0 cm³/mol. The van der Waals surface area contributed by atoms with Crippen LogP contribution in [0.5, 0.6) is 0 Å². The number of nitrogens with zero attached hydrogens (tertiary/aromatic N) is 1. The van der Waals surface area contributed by atoms with E-state index in [1.54, 1.807) is 6.07 Å². The van der Waals surface area contributed by atoms with Gasteiger partial charge in [0.2, 0.25) is 5.91 Å². The normalized spacial score (nSPS) is 13.7. The molecule has 6 heteroatoms. The van der Waals surface area contributed by atoms with Crippen molar-refractivity contribution in [2.45, 2.75) is 19.3 Å². The summed E-state index contributed by atoms with van der Waals surface area (Å²) >= 11 is 1.34. The number of hydrogen-bond acceptors (Lipinski definition) is 4. The number of nitrogens with two attached hydrogens (primary N) is 1. The largest absolute Gasteiger partial charge is 0.351 e. The highest BCUT2D eigenvalue weighted by molar-refractivity contribution is 7.12. The van der Waals surface area contributed by atoms with Crippen LogP contribution < -0.4 is 11.1 Å². The lowest BCUT2D eigenvalue weighted by atomic mass is 10.2. The van der Waals surface area contributed by atoms with Crippen LogP contribution in [0, 0.1) is 11.8 Å². The average molecular weight is 305 g/mol. The summed E-state index contributed by atoms with van der Waals surface area (Å²) in [5.41, 5.74) is 6.02. The topological polar surface area (TPSA) is 75.4 Å². The molecule has 21 heavy (non-hydrogen) atoms. The lowest BCUT2D eigenvalue weighted by Gasteiger charge is -2.15. The molecule has 0 unspecified atom stereocenters. The van der Waals surface area contributed by atoms with Gasteiger partial charge in [-0.15, -0.1) is 11.3 Å². The van der Waals surface area contributed by atoms with Crippen molar-refractivity contribution in [1.82, 2.24) is 10.2 Å². The number of amides is 2. The van der Waals surface area contributed by atoms with Gasteiger partial charge < -0.3 is 16.0 Å². The van der Waals surface area contributed by atoms with Crippen LogP contribution in [0.15, 0.2) is 11.4 Å². The molecule has 1 fully saturated rings. The van der Waals surface area contributed by atoms with E-state index in [2.05, 4.69) is 17.2 Å². The first kappa shape index (κ1) is 15.5. The van der Waals surface area contributed by atoms with E-state index in [0.717, 1.165) is 25.9 Å². The number of carbonyl (C=O) groups excluding carboxylic acids is 2. The standard InChI is InChI=1S/C15H19N3O2S/c16-7-3-4-12-6-11-21-14(12)15(20)17-8-5-13(19)18-9-1-2-10-18/h6,11H,1-2,5,7-10,16H2,(H,17,20). The Kier molecular flexibility index (Phi) is 5.78. The van der Waals surface area contributed by atoms with E-state index in [0.29, 0.717) is 23.4 Å². The van der Waals surface area contributed by atoms with Gasteiger partial charge in [0, 0.05) is 31.6 Å². The third-order valence-corrected chi connectivity index (χ3v) is 4.19. The van der Waals surface area contributed by atoms with E-state index >= 15 is 0 Å².